The third-order valence-electron chi connectivity index (χ3n) is 2.63. The monoisotopic (exact) mass is 468 g/mol. The maximum atomic E-state index is 10.8. The van der Waals surface area contributed by atoms with E-state index in [1.807, 2.05) is 9.82 Å². The summed E-state index contributed by atoms with van der Waals surface area (Å²) in [5, 5.41) is 48.2. The van der Waals surface area contributed by atoms with Crippen molar-refractivity contribution in [2.45, 2.75) is 23.9 Å². The molecule has 14 nitrogen and oxygen atoms in total. The Bertz CT molecular complexity index is 539. The summed E-state index contributed by atoms with van der Waals surface area (Å²) < 4.78 is 0. The van der Waals surface area contributed by atoms with E-state index >= 15 is 0 Å². The van der Waals surface area contributed by atoms with Crippen molar-refractivity contribution < 1.29 is 245 Å². The molecule has 0 atom stereocenters. The van der Waals surface area contributed by atoms with Gasteiger partial charge in [0.05, 0.1) is 23.9 Å². The zero-order chi connectivity index (χ0) is 17.6. The van der Waals surface area contributed by atoms with Crippen LogP contribution in [0.25, 0.3) is 20.9 Å². The minimum absolute atomic E-state index is 0. The molecule has 0 aliphatic carbocycles. The predicted octanol–water partition coefficient (Wildman–Crippen LogP) is -17.1. The molecule has 0 saturated heterocycles. The van der Waals surface area contributed by atoms with E-state index in [-0.39, 0.29) is 206 Å². The van der Waals surface area contributed by atoms with Crippen molar-refractivity contribution in [3.8, 4) is 0 Å². The number of aliphatic carboxylic acids is 4. The molecule has 0 aromatic rings. The molecule has 0 heterocycles. The molecule has 0 amide bonds. The van der Waals surface area contributed by atoms with E-state index in [0.29, 0.717) is 0 Å². The molecule has 0 bridgehead atoms. The minimum Gasteiger partial charge on any atom is -0.549 e. The van der Waals surface area contributed by atoms with Crippen LogP contribution in [0.1, 0.15) is 12.8 Å². The second-order valence-electron chi connectivity index (χ2n) is 3.75. The van der Waals surface area contributed by atoms with Crippen molar-refractivity contribution >= 4 is 23.9 Å². The van der Waals surface area contributed by atoms with Gasteiger partial charge in [-0.2, -0.15) is 0 Å². The normalized spacial score (nSPS) is 9.08. The zero-order valence-corrected chi connectivity index (χ0v) is 26.9. The number of carboxylic acid groups (broad SMARTS) is 4. The molecule has 0 aromatic carbocycles. The van der Waals surface area contributed by atoms with Crippen LogP contribution in [0.3, 0.4) is 0 Å². The van der Waals surface area contributed by atoms with E-state index in [0.717, 1.165) is 0 Å². The van der Waals surface area contributed by atoms with Crippen molar-refractivity contribution in [2.24, 2.45) is 10.2 Å². The first-order chi connectivity index (χ1) is 10.1. The first kappa shape index (κ1) is 39.5. The molecule has 0 radical (unpaired) electrons. The quantitative estimate of drug-likeness (QED) is 0.103. The maximum Gasteiger partial charge on any atom is 1.00 e. The van der Waals surface area contributed by atoms with Crippen LogP contribution in [0.15, 0.2) is 10.2 Å². The standard InChI is InChI=1S/C8H8N6O8.4K/c9-13-11-7(3(15)16,4(17)18)1-2-8(5(19)20,6(21)22)12-14-10;;;;/h1-2H2,(H,15,16)(H,17,18)(H,19,20)(H,21,22);;;;/q;4*+1/p-4. The number of carbonyl (C=O) groups excluding carboxylic acids is 4. The van der Waals surface area contributed by atoms with Crippen LogP contribution in [0, 0.1) is 0 Å². The van der Waals surface area contributed by atoms with Crippen LogP contribution in [-0.2, 0) is 19.2 Å². The van der Waals surface area contributed by atoms with E-state index in [9.17, 15) is 39.6 Å². The molecule has 18 heteroatoms. The molecule has 0 unspecified atom stereocenters. The third-order valence-corrected chi connectivity index (χ3v) is 2.63. The number of hydrogen-bond acceptors (Lipinski definition) is 10. The van der Waals surface area contributed by atoms with Crippen LogP contribution in [0.2, 0.25) is 0 Å². The fraction of sp³-hybridized carbons (Fsp3) is 0.500. The Kier molecular flexibility index (Phi) is 28.5. The fourth-order valence-electron chi connectivity index (χ4n) is 1.35. The molecule has 118 valence electrons. The van der Waals surface area contributed by atoms with Crippen molar-refractivity contribution in [3.63, 3.8) is 0 Å². The summed E-state index contributed by atoms with van der Waals surface area (Å²) in [5.74, 6) is -9.96. The summed E-state index contributed by atoms with van der Waals surface area (Å²) in [6, 6.07) is 0. The second kappa shape index (κ2) is 18.8. The number of nitrogens with zero attached hydrogens (tertiary/aromatic N) is 6. The molecule has 0 spiro atoms. The molecular weight excluding hydrogens is 465 g/mol. The summed E-state index contributed by atoms with van der Waals surface area (Å²) in [6.45, 7) is 0. The smallest absolute Gasteiger partial charge is 0.549 e. The van der Waals surface area contributed by atoms with Gasteiger partial charge in [0.2, 0.25) is 0 Å². The van der Waals surface area contributed by atoms with Gasteiger partial charge in [-0.05, 0) is 23.9 Å². The van der Waals surface area contributed by atoms with E-state index in [2.05, 4.69) is 10.2 Å². The molecular formula is C8H4K4N6O8. The van der Waals surface area contributed by atoms with Crippen LogP contribution >= 0.6 is 0 Å². The summed E-state index contributed by atoms with van der Waals surface area (Å²) in [7, 11) is 0. The van der Waals surface area contributed by atoms with Gasteiger partial charge in [-0.15, -0.1) is 0 Å². The number of carbonyl (C=O) groups is 4. The minimum atomic E-state index is -3.42. The number of rotatable bonds is 9. The largest absolute Gasteiger partial charge is 1.00 e. The first-order valence-corrected chi connectivity index (χ1v) is 5.09. The van der Waals surface area contributed by atoms with Crippen LogP contribution in [0.5, 0.6) is 0 Å². The van der Waals surface area contributed by atoms with Crippen LogP contribution in [-0.4, -0.2) is 35.0 Å². The van der Waals surface area contributed by atoms with Crippen LogP contribution in [0.4, 0.5) is 0 Å². The maximum absolute atomic E-state index is 10.8. The van der Waals surface area contributed by atoms with Gasteiger partial charge in [0.1, 0.15) is 11.1 Å². The van der Waals surface area contributed by atoms with E-state index < -0.39 is 47.8 Å². The molecule has 0 aliphatic heterocycles. The molecule has 0 fully saturated rings. The Hall–Kier alpha value is 3.05. The number of azide groups is 2. The number of carboxylic acids is 4. The zero-order valence-electron chi connectivity index (χ0n) is 14.4. The second-order valence-corrected chi connectivity index (χ2v) is 3.75. The summed E-state index contributed by atoms with van der Waals surface area (Å²) in [6.07, 6.45) is -2.88. The van der Waals surface area contributed by atoms with Crippen molar-refractivity contribution in [1.82, 2.24) is 0 Å². The molecule has 0 aromatic heterocycles. The topological polar surface area (TPSA) is 258 Å². The summed E-state index contributed by atoms with van der Waals surface area (Å²) >= 11 is 0. The van der Waals surface area contributed by atoms with Gasteiger partial charge >= 0.3 is 206 Å². The summed E-state index contributed by atoms with van der Waals surface area (Å²) in [5.41, 5.74) is 9.53. The average Bonchev–Trinajstić information content (AvgIpc) is 2.40. The third kappa shape index (κ3) is 10.4. The Labute approximate surface area is 315 Å². The SMILES string of the molecule is [K+].[K+].[K+].[K+].[N-]=[N+]=NC(CCC(N=[N+]=[N-])(C(=O)[O-])C(=O)[O-])(C(=O)[O-])C(=O)[O-]. The molecule has 0 saturated carbocycles. The average molecular weight is 469 g/mol. The first-order valence-electron chi connectivity index (χ1n) is 5.09. The molecule has 0 aliphatic rings. The molecule has 0 N–H and O–H groups in total. The van der Waals surface area contributed by atoms with Gasteiger partial charge in [-0.1, -0.05) is 10.2 Å². The number of hydrogen-bond donors (Lipinski definition) is 0. The Morgan fingerprint density at radius 1 is 0.654 bits per heavy atom. The summed E-state index contributed by atoms with van der Waals surface area (Å²) in [4.78, 5) is 47.2. The van der Waals surface area contributed by atoms with Gasteiger partial charge in [0.25, 0.3) is 0 Å². The fourth-order valence-corrected chi connectivity index (χ4v) is 1.35. The van der Waals surface area contributed by atoms with E-state index in [1.165, 1.54) is 0 Å². The van der Waals surface area contributed by atoms with Gasteiger partial charge in [-0.25, -0.2) is 0 Å². The van der Waals surface area contributed by atoms with Crippen molar-refractivity contribution in [3.05, 3.63) is 20.9 Å². The Balaban J connectivity index is -0.000000367. The van der Waals surface area contributed by atoms with Gasteiger partial charge in [0, 0.05) is 9.82 Å². The van der Waals surface area contributed by atoms with E-state index in [1.54, 1.807) is 0 Å². The van der Waals surface area contributed by atoms with Crippen molar-refractivity contribution in [1.29, 1.82) is 0 Å². The van der Waals surface area contributed by atoms with Crippen LogP contribution < -0.4 is 226 Å². The van der Waals surface area contributed by atoms with Gasteiger partial charge in [-0.3, -0.25) is 0 Å². The Morgan fingerprint density at radius 2 is 0.846 bits per heavy atom. The van der Waals surface area contributed by atoms with E-state index in [4.69, 9.17) is 11.1 Å². The van der Waals surface area contributed by atoms with Crippen molar-refractivity contribution in [2.75, 3.05) is 0 Å². The molecule has 0 rings (SSSR count). The van der Waals surface area contributed by atoms with Gasteiger partial charge < -0.3 is 39.6 Å². The predicted molar refractivity (Wildman–Crippen MR) is 53.0 cm³/mol. The molecule has 26 heavy (non-hydrogen) atoms. The Morgan fingerprint density at radius 3 is 0.962 bits per heavy atom. The van der Waals surface area contributed by atoms with Gasteiger partial charge in [0.15, 0.2) is 0 Å².